The van der Waals surface area contributed by atoms with Crippen molar-refractivity contribution in [3.05, 3.63) is 29.8 Å². The maximum absolute atomic E-state index is 5.51. The fourth-order valence-electron chi connectivity index (χ4n) is 1.59. The number of benzene rings is 1. The summed E-state index contributed by atoms with van der Waals surface area (Å²) in [6, 6.07) is 8.61. The van der Waals surface area contributed by atoms with Gasteiger partial charge in [0, 0.05) is 18.2 Å². The van der Waals surface area contributed by atoms with Crippen LogP contribution in [0.25, 0.3) is 0 Å². The van der Waals surface area contributed by atoms with Gasteiger partial charge in [-0.25, -0.2) is 0 Å². The highest BCUT2D eigenvalue weighted by Gasteiger charge is 2.05. The molecular weight excluding hydrogens is 204 g/mol. The third kappa shape index (κ3) is 3.88. The van der Waals surface area contributed by atoms with Crippen LogP contribution in [-0.4, -0.2) is 11.0 Å². The number of aryl methyl sites for hydroxylation is 1. The average molecular weight is 222 g/mol. The molecule has 1 rings (SSSR count). The molecule has 0 aliphatic rings. The van der Waals surface area contributed by atoms with Crippen LogP contribution >= 0.6 is 12.2 Å². The Morgan fingerprint density at radius 1 is 1.47 bits per heavy atom. The van der Waals surface area contributed by atoms with Gasteiger partial charge in [0.2, 0.25) is 0 Å². The molecule has 1 aromatic carbocycles. The van der Waals surface area contributed by atoms with Crippen molar-refractivity contribution in [2.24, 2.45) is 5.73 Å². The van der Waals surface area contributed by atoms with Crippen LogP contribution in [0.2, 0.25) is 0 Å². The first kappa shape index (κ1) is 12.0. The smallest absolute Gasteiger partial charge is 0.0747 e. The predicted octanol–water partition coefficient (Wildman–Crippen LogP) is 2.73. The second kappa shape index (κ2) is 5.71. The van der Waals surface area contributed by atoms with Gasteiger partial charge in [0.15, 0.2) is 0 Å². The Morgan fingerprint density at radius 2 is 2.13 bits per heavy atom. The zero-order valence-electron chi connectivity index (χ0n) is 9.29. The molecule has 0 saturated heterocycles. The molecule has 1 unspecified atom stereocenters. The molecule has 0 heterocycles. The van der Waals surface area contributed by atoms with Crippen molar-refractivity contribution in [1.82, 2.24) is 0 Å². The van der Waals surface area contributed by atoms with Gasteiger partial charge >= 0.3 is 0 Å². The molecule has 0 radical (unpaired) electrons. The van der Waals surface area contributed by atoms with Crippen molar-refractivity contribution in [3.63, 3.8) is 0 Å². The maximum atomic E-state index is 5.51. The number of nitrogens with one attached hydrogen (secondary N) is 1. The molecule has 0 aliphatic heterocycles. The van der Waals surface area contributed by atoms with E-state index >= 15 is 0 Å². The van der Waals surface area contributed by atoms with Gasteiger partial charge in [0.25, 0.3) is 0 Å². The molecule has 1 atom stereocenters. The summed E-state index contributed by atoms with van der Waals surface area (Å²) < 4.78 is 0. The molecule has 0 aliphatic carbocycles. The van der Waals surface area contributed by atoms with Crippen LogP contribution in [0, 0.1) is 0 Å². The lowest BCUT2D eigenvalue weighted by molar-refractivity contribution is 0.836. The number of anilines is 1. The van der Waals surface area contributed by atoms with E-state index in [2.05, 4.69) is 37.4 Å². The Balaban J connectivity index is 2.67. The molecule has 3 N–H and O–H groups in total. The van der Waals surface area contributed by atoms with E-state index in [0.717, 1.165) is 12.8 Å². The fraction of sp³-hybridized carbons (Fsp3) is 0.417. The molecular formula is C12H18N2S. The molecule has 0 aromatic heterocycles. The van der Waals surface area contributed by atoms with Gasteiger partial charge < -0.3 is 11.1 Å². The van der Waals surface area contributed by atoms with Gasteiger partial charge in [-0.3, -0.25) is 0 Å². The Hall–Kier alpha value is -1.09. The minimum atomic E-state index is 0.287. The second-order valence-corrected chi connectivity index (χ2v) is 4.25. The highest BCUT2D eigenvalue weighted by molar-refractivity contribution is 7.80. The molecule has 0 bridgehead atoms. The van der Waals surface area contributed by atoms with Crippen LogP contribution in [0.5, 0.6) is 0 Å². The van der Waals surface area contributed by atoms with Crippen LogP contribution in [0.15, 0.2) is 24.3 Å². The van der Waals surface area contributed by atoms with Gasteiger partial charge in [0.1, 0.15) is 0 Å². The van der Waals surface area contributed by atoms with Crippen LogP contribution < -0.4 is 11.1 Å². The first-order valence-electron chi connectivity index (χ1n) is 5.26. The summed E-state index contributed by atoms with van der Waals surface area (Å²) >= 11 is 4.89. The highest BCUT2D eigenvalue weighted by Crippen LogP contribution is 2.17. The third-order valence-electron chi connectivity index (χ3n) is 2.31. The summed E-state index contributed by atoms with van der Waals surface area (Å²) in [6.07, 6.45) is 1.76. The monoisotopic (exact) mass is 222 g/mol. The molecule has 2 nitrogen and oxygen atoms in total. The predicted molar refractivity (Wildman–Crippen MR) is 70.3 cm³/mol. The molecule has 0 fully saturated rings. The van der Waals surface area contributed by atoms with Crippen LogP contribution in [0.1, 0.15) is 25.8 Å². The molecule has 0 saturated carbocycles. The Morgan fingerprint density at radius 3 is 2.73 bits per heavy atom. The van der Waals surface area contributed by atoms with Crippen molar-refractivity contribution < 1.29 is 0 Å². The van der Waals surface area contributed by atoms with Crippen molar-refractivity contribution >= 4 is 22.9 Å². The fourth-order valence-corrected chi connectivity index (χ4v) is 1.84. The Kier molecular flexibility index (Phi) is 4.56. The summed E-state index contributed by atoms with van der Waals surface area (Å²) in [5, 5.41) is 3.43. The summed E-state index contributed by atoms with van der Waals surface area (Å²) in [7, 11) is 0. The van der Waals surface area contributed by atoms with Gasteiger partial charge in [-0.1, -0.05) is 37.3 Å². The standard InChI is InChI=1S/C12H18N2S/c1-3-10-6-4-5-7-11(10)14-9(2)8-12(13)15/h4-7,9,14H,3,8H2,1-2H3,(H2,13,15). The molecule has 0 spiro atoms. The first-order chi connectivity index (χ1) is 7.13. The maximum Gasteiger partial charge on any atom is 0.0747 e. The van der Waals surface area contributed by atoms with E-state index in [-0.39, 0.29) is 6.04 Å². The lowest BCUT2D eigenvalue weighted by Gasteiger charge is -2.17. The molecule has 1 aromatic rings. The van der Waals surface area contributed by atoms with Gasteiger partial charge in [0.05, 0.1) is 4.99 Å². The van der Waals surface area contributed by atoms with Crippen molar-refractivity contribution in [2.75, 3.05) is 5.32 Å². The Bertz CT molecular complexity index is 336. The number of thiocarbonyl (C=S) groups is 1. The van der Waals surface area contributed by atoms with E-state index in [4.69, 9.17) is 18.0 Å². The number of nitrogens with two attached hydrogens (primary N) is 1. The minimum absolute atomic E-state index is 0.287. The second-order valence-electron chi connectivity index (χ2n) is 3.73. The average Bonchev–Trinajstić information content (AvgIpc) is 2.17. The lowest BCUT2D eigenvalue weighted by atomic mass is 10.1. The first-order valence-corrected chi connectivity index (χ1v) is 5.67. The van der Waals surface area contributed by atoms with E-state index in [1.807, 2.05) is 6.07 Å². The van der Waals surface area contributed by atoms with Crippen molar-refractivity contribution in [3.8, 4) is 0 Å². The van der Waals surface area contributed by atoms with Gasteiger partial charge in [-0.2, -0.15) is 0 Å². The van der Waals surface area contributed by atoms with E-state index in [9.17, 15) is 0 Å². The number of hydrogen-bond donors (Lipinski definition) is 2. The van der Waals surface area contributed by atoms with E-state index < -0.39 is 0 Å². The zero-order chi connectivity index (χ0) is 11.3. The quantitative estimate of drug-likeness (QED) is 0.752. The molecule has 3 heteroatoms. The topological polar surface area (TPSA) is 38.0 Å². The van der Waals surface area contributed by atoms with Crippen molar-refractivity contribution in [1.29, 1.82) is 0 Å². The molecule has 0 amide bonds. The van der Waals surface area contributed by atoms with E-state index in [1.165, 1.54) is 11.3 Å². The SMILES string of the molecule is CCc1ccccc1NC(C)CC(N)=S. The largest absolute Gasteiger partial charge is 0.393 e. The number of para-hydroxylation sites is 1. The van der Waals surface area contributed by atoms with Gasteiger partial charge in [-0.05, 0) is 25.0 Å². The number of hydrogen-bond acceptors (Lipinski definition) is 2. The normalized spacial score (nSPS) is 12.1. The summed E-state index contributed by atoms with van der Waals surface area (Å²) in [5.74, 6) is 0. The van der Waals surface area contributed by atoms with Crippen LogP contribution in [0.4, 0.5) is 5.69 Å². The van der Waals surface area contributed by atoms with Crippen LogP contribution in [0.3, 0.4) is 0 Å². The molecule has 15 heavy (non-hydrogen) atoms. The zero-order valence-corrected chi connectivity index (χ0v) is 10.1. The van der Waals surface area contributed by atoms with E-state index in [0.29, 0.717) is 4.99 Å². The third-order valence-corrected chi connectivity index (χ3v) is 2.47. The van der Waals surface area contributed by atoms with Crippen LogP contribution in [-0.2, 0) is 6.42 Å². The minimum Gasteiger partial charge on any atom is -0.393 e. The van der Waals surface area contributed by atoms with E-state index in [1.54, 1.807) is 0 Å². The summed E-state index contributed by atoms with van der Waals surface area (Å²) in [4.78, 5) is 0.559. The van der Waals surface area contributed by atoms with Crippen molar-refractivity contribution in [2.45, 2.75) is 32.7 Å². The molecule has 82 valence electrons. The Labute approximate surface area is 96.9 Å². The summed E-state index contributed by atoms with van der Waals surface area (Å²) in [5.41, 5.74) is 8.02. The summed E-state index contributed by atoms with van der Waals surface area (Å²) in [6.45, 7) is 4.24. The van der Waals surface area contributed by atoms with Gasteiger partial charge in [-0.15, -0.1) is 0 Å². The number of rotatable bonds is 5. The highest BCUT2D eigenvalue weighted by atomic mass is 32.1. The lowest BCUT2D eigenvalue weighted by Crippen LogP contribution is -2.23.